The van der Waals surface area contributed by atoms with Crippen molar-refractivity contribution in [2.24, 2.45) is 0 Å². The Morgan fingerprint density at radius 2 is 1.57 bits per heavy atom. The van der Waals surface area contributed by atoms with E-state index in [1.807, 2.05) is 0 Å². The molecule has 154 valence electrons. The Bertz CT molecular complexity index is 669. The van der Waals surface area contributed by atoms with Crippen LogP contribution in [0.3, 0.4) is 0 Å². The fraction of sp³-hybridized carbons (Fsp3) is 0.696. The first-order valence-electron chi connectivity index (χ1n) is 11.2. The molecule has 3 fully saturated rings. The van der Waals surface area contributed by atoms with Crippen molar-refractivity contribution in [2.75, 3.05) is 63.8 Å². The fourth-order valence-corrected chi connectivity index (χ4v) is 4.98. The van der Waals surface area contributed by atoms with Crippen molar-refractivity contribution in [3.63, 3.8) is 0 Å². The molecule has 2 aliphatic heterocycles. The van der Waals surface area contributed by atoms with Crippen molar-refractivity contribution in [3.05, 3.63) is 29.3 Å². The van der Waals surface area contributed by atoms with Gasteiger partial charge in [0.05, 0.1) is 6.54 Å². The molecule has 1 amide bonds. The lowest BCUT2D eigenvalue weighted by molar-refractivity contribution is -0.134. The maximum atomic E-state index is 12.8. The van der Waals surface area contributed by atoms with Crippen LogP contribution in [0.2, 0.25) is 0 Å². The largest absolute Gasteiger partial charge is 0.369 e. The molecule has 0 bridgehead atoms. The van der Waals surface area contributed by atoms with Gasteiger partial charge in [-0.1, -0.05) is 18.9 Å². The summed E-state index contributed by atoms with van der Waals surface area (Å²) in [6, 6.07) is 7.52. The Balaban J connectivity index is 1.21. The van der Waals surface area contributed by atoms with Gasteiger partial charge >= 0.3 is 0 Å². The van der Waals surface area contributed by atoms with Crippen LogP contribution in [0, 0.1) is 13.8 Å². The standard InChI is InChI=1S/C23H36N4O/c1-19-7-8-22(17-20(19)2)26-11-9-24(10-12-26)18-23(28)27-15-13-25(14-16-27)21-5-3-4-6-21/h7-8,17,21H,3-6,9-16,18H2,1-2H3. The molecule has 5 nitrogen and oxygen atoms in total. The average Bonchev–Trinajstić information content (AvgIpc) is 3.26. The molecule has 0 spiro atoms. The maximum absolute atomic E-state index is 12.8. The summed E-state index contributed by atoms with van der Waals surface area (Å²) in [7, 11) is 0. The average molecular weight is 385 g/mol. The molecule has 3 aliphatic rings. The maximum Gasteiger partial charge on any atom is 0.236 e. The van der Waals surface area contributed by atoms with Gasteiger partial charge in [-0.3, -0.25) is 14.6 Å². The third-order valence-electron chi connectivity index (χ3n) is 7.09. The highest BCUT2D eigenvalue weighted by Gasteiger charge is 2.29. The summed E-state index contributed by atoms with van der Waals surface area (Å²) in [6.45, 7) is 12.8. The van der Waals surface area contributed by atoms with Crippen molar-refractivity contribution >= 4 is 11.6 Å². The van der Waals surface area contributed by atoms with Gasteiger partial charge in [-0.15, -0.1) is 0 Å². The van der Waals surface area contributed by atoms with Crippen LogP contribution in [-0.2, 0) is 4.79 Å². The van der Waals surface area contributed by atoms with Crippen LogP contribution in [0.1, 0.15) is 36.8 Å². The highest BCUT2D eigenvalue weighted by Crippen LogP contribution is 2.24. The molecule has 5 heteroatoms. The van der Waals surface area contributed by atoms with Gasteiger partial charge in [0.2, 0.25) is 5.91 Å². The predicted molar refractivity (Wildman–Crippen MR) is 115 cm³/mol. The van der Waals surface area contributed by atoms with Gasteiger partial charge in [-0.25, -0.2) is 0 Å². The molecule has 28 heavy (non-hydrogen) atoms. The highest BCUT2D eigenvalue weighted by molar-refractivity contribution is 5.78. The first-order valence-corrected chi connectivity index (χ1v) is 11.2. The van der Waals surface area contributed by atoms with E-state index in [1.54, 1.807) is 0 Å². The second kappa shape index (κ2) is 8.83. The molecule has 1 aromatic carbocycles. The van der Waals surface area contributed by atoms with E-state index in [0.717, 1.165) is 58.4 Å². The molecular formula is C23H36N4O. The predicted octanol–water partition coefficient (Wildman–Crippen LogP) is 2.51. The van der Waals surface area contributed by atoms with Gasteiger partial charge in [-0.05, 0) is 49.9 Å². The molecule has 4 rings (SSSR count). The molecular weight excluding hydrogens is 348 g/mol. The monoisotopic (exact) mass is 384 g/mol. The number of anilines is 1. The summed E-state index contributed by atoms with van der Waals surface area (Å²) in [5.74, 6) is 0.325. The van der Waals surface area contributed by atoms with Crippen LogP contribution in [0.4, 0.5) is 5.69 Å². The van der Waals surface area contributed by atoms with Gasteiger partial charge < -0.3 is 9.80 Å². The van der Waals surface area contributed by atoms with Crippen molar-refractivity contribution < 1.29 is 4.79 Å². The second-order valence-electron chi connectivity index (χ2n) is 8.89. The van der Waals surface area contributed by atoms with Gasteiger partial charge in [0, 0.05) is 64.1 Å². The van der Waals surface area contributed by atoms with Crippen molar-refractivity contribution in [2.45, 2.75) is 45.6 Å². The molecule has 2 saturated heterocycles. The number of hydrogen-bond acceptors (Lipinski definition) is 4. The number of nitrogens with zero attached hydrogens (tertiary/aromatic N) is 4. The Kier molecular flexibility index (Phi) is 6.22. The van der Waals surface area contributed by atoms with Crippen molar-refractivity contribution in [3.8, 4) is 0 Å². The smallest absolute Gasteiger partial charge is 0.236 e. The molecule has 0 atom stereocenters. The molecule has 0 aromatic heterocycles. The quantitative estimate of drug-likeness (QED) is 0.798. The number of carbonyl (C=O) groups excluding carboxylic acids is 1. The van der Waals surface area contributed by atoms with Crippen LogP contribution < -0.4 is 4.90 Å². The zero-order valence-electron chi connectivity index (χ0n) is 17.7. The number of hydrogen-bond donors (Lipinski definition) is 0. The van der Waals surface area contributed by atoms with Crippen LogP contribution in [-0.4, -0.2) is 85.6 Å². The highest BCUT2D eigenvalue weighted by atomic mass is 16.2. The summed E-state index contributed by atoms with van der Waals surface area (Å²) in [5, 5.41) is 0. The first kappa shape index (κ1) is 19.7. The minimum Gasteiger partial charge on any atom is -0.369 e. The van der Waals surface area contributed by atoms with Gasteiger partial charge in [0.15, 0.2) is 0 Å². The lowest BCUT2D eigenvalue weighted by Gasteiger charge is -2.40. The van der Waals surface area contributed by atoms with Crippen molar-refractivity contribution in [1.82, 2.24) is 14.7 Å². The number of carbonyl (C=O) groups is 1. The molecule has 1 saturated carbocycles. The molecule has 2 heterocycles. The Morgan fingerprint density at radius 3 is 2.21 bits per heavy atom. The van der Waals surface area contributed by atoms with E-state index in [4.69, 9.17) is 0 Å². The van der Waals surface area contributed by atoms with Crippen LogP contribution in [0.5, 0.6) is 0 Å². The van der Waals surface area contributed by atoms with E-state index in [1.165, 1.54) is 42.5 Å². The fourth-order valence-electron chi connectivity index (χ4n) is 4.98. The number of piperazine rings is 2. The summed E-state index contributed by atoms with van der Waals surface area (Å²) < 4.78 is 0. The second-order valence-corrected chi connectivity index (χ2v) is 8.89. The molecule has 1 aromatic rings. The van der Waals surface area contributed by atoms with Crippen LogP contribution in [0.15, 0.2) is 18.2 Å². The SMILES string of the molecule is Cc1ccc(N2CCN(CC(=O)N3CCN(C4CCCC4)CC3)CC2)cc1C. The van der Waals surface area contributed by atoms with Gasteiger partial charge in [0.1, 0.15) is 0 Å². The minimum absolute atomic E-state index is 0.325. The number of amides is 1. The van der Waals surface area contributed by atoms with E-state index in [-0.39, 0.29) is 0 Å². The van der Waals surface area contributed by atoms with Gasteiger partial charge in [0.25, 0.3) is 0 Å². The lowest BCUT2D eigenvalue weighted by Crippen LogP contribution is -2.55. The molecule has 0 radical (unpaired) electrons. The molecule has 0 N–H and O–H groups in total. The van der Waals surface area contributed by atoms with Gasteiger partial charge in [-0.2, -0.15) is 0 Å². The number of benzene rings is 1. The van der Waals surface area contributed by atoms with Crippen LogP contribution in [0.25, 0.3) is 0 Å². The Morgan fingerprint density at radius 1 is 0.893 bits per heavy atom. The van der Waals surface area contributed by atoms with Crippen LogP contribution >= 0.6 is 0 Å². The zero-order valence-corrected chi connectivity index (χ0v) is 17.7. The Labute approximate surface area is 170 Å². The lowest BCUT2D eigenvalue weighted by atomic mass is 10.1. The molecule has 0 unspecified atom stereocenters. The minimum atomic E-state index is 0.325. The normalized spacial score (nSPS) is 22.8. The topological polar surface area (TPSA) is 30.0 Å². The Hall–Kier alpha value is -1.59. The van der Waals surface area contributed by atoms with E-state index < -0.39 is 0 Å². The third-order valence-corrected chi connectivity index (χ3v) is 7.09. The van der Waals surface area contributed by atoms with Crippen molar-refractivity contribution in [1.29, 1.82) is 0 Å². The number of aryl methyl sites for hydroxylation is 2. The number of rotatable bonds is 4. The zero-order chi connectivity index (χ0) is 19.5. The summed E-state index contributed by atoms with van der Waals surface area (Å²) in [4.78, 5) is 22.3. The van der Waals surface area contributed by atoms with E-state index >= 15 is 0 Å². The molecule has 1 aliphatic carbocycles. The van der Waals surface area contributed by atoms with E-state index in [2.05, 4.69) is 51.6 Å². The third kappa shape index (κ3) is 4.52. The first-order chi connectivity index (χ1) is 13.6. The van der Waals surface area contributed by atoms with E-state index in [9.17, 15) is 4.79 Å². The summed E-state index contributed by atoms with van der Waals surface area (Å²) in [6.07, 6.45) is 5.49. The summed E-state index contributed by atoms with van der Waals surface area (Å²) >= 11 is 0. The van der Waals surface area contributed by atoms with E-state index in [0.29, 0.717) is 12.5 Å². The summed E-state index contributed by atoms with van der Waals surface area (Å²) in [5.41, 5.74) is 4.02.